The summed E-state index contributed by atoms with van der Waals surface area (Å²) in [6.45, 7) is 0.751. The van der Waals surface area contributed by atoms with E-state index in [0.29, 0.717) is 24.2 Å². The van der Waals surface area contributed by atoms with Crippen molar-refractivity contribution in [1.29, 1.82) is 0 Å². The van der Waals surface area contributed by atoms with Crippen LogP contribution in [0.5, 0.6) is 0 Å². The quantitative estimate of drug-likeness (QED) is 0.899. The van der Waals surface area contributed by atoms with E-state index in [1.807, 2.05) is 0 Å². The highest BCUT2D eigenvalue weighted by atomic mass is 79.9. The molecule has 1 aromatic rings. The lowest BCUT2D eigenvalue weighted by Gasteiger charge is -2.32. The Labute approximate surface area is 112 Å². The lowest BCUT2D eigenvalue weighted by atomic mass is 10.1. The summed E-state index contributed by atoms with van der Waals surface area (Å²) >= 11 is 3.12. The molecule has 1 amide bonds. The molecular weight excluding hydrogens is 305 g/mol. The van der Waals surface area contributed by atoms with E-state index in [2.05, 4.69) is 15.9 Å². The molecule has 1 fully saturated rings. The smallest absolute Gasteiger partial charge is 0.248 e. The van der Waals surface area contributed by atoms with E-state index < -0.39 is 6.61 Å². The van der Waals surface area contributed by atoms with E-state index in [0.717, 1.165) is 5.56 Å². The van der Waals surface area contributed by atoms with Crippen molar-refractivity contribution in [2.45, 2.75) is 6.10 Å². The normalized spacial score (nSPS) is 19.9. The standard InChI is InChI=1S/C12H13BrFNO3/c13-9-5-8(1-2-10(9)14)11-6-15(3-4-18-11)12(17)7-16/h1-2,5,11,16H,3-4,6-7H2/t11-/m1/s1. The molecule has 0 radical (unpaired) electrons. The number of benzene rings is 1. The zero-order chi connectivity index (χ0) is 13.1. The van der Waals surface area contributed by atoms with Gasteiger partial charge in [0.1, 0.15) is 18.5 Å². The first-order valence-electron chi connectivity index (χ1n) is 5.57. The number of aliphatic hydroxyl groups excluding tert-OH is 1. The van der Waals surface area contributed by atoms with Crippen LogP contribution < -0.4 is 0 Å². The lowest BCUT2D eigenvalue weighted by molar-refractivity contribution is -0.141. The van der Waals surface area contributed by atoms with Crippen LogP contribution in [0.25, 0.3) is 0 Å². The molecule has 0 aliphatic carbocycles. The van der Waals surface area contributed by atoms with Gasteiger partial charge in [-0.15, -0.1) is 0 Å². The Hall–Kier alpha value is -0.980. The predicted molar refractivity (Wildman–Crippen MR) is 66.5 cm³/mol. The first-order valence-corrected chi connectivity index (χ1v) is 6.36. The van der Waals surface area contributed by atoms with E-state index in [4.69, 9.17) is 9.84 Å². The zero-order valence-electron chi connectivity index (χ0n) is 9.60. The summed E-state index contributed by atoms with van der Waals surface area (Å²) in [5, 5.41) is 8.84. The fraction of sp³-hybridized carbons (Fsp3) is 0.417. The molecule has 1 saturated heterocycles. The molecule has 0 unspecified atom stereocenters. The first-order chi connectivity index (χ1) is 8.61. The number of aliphatic hydroxyl groups is 1. The minimum Gasteiger partial charge on any atom is -0.387 e. The maximum absolute atomic E-state index is 13.1. The number of carbonyl (C=O) groups excluding carboxylic acids is 1. The number of amides is 1. The second kappa shape index (κ2) is 5.77. The molecule has 0 bridgehead atoms. The van der Waals surface area contributed by atoms with Crippen molar-refractivity contribution in [1.82, 2.24) is 4.90 Å². The van der Waals surface area contributed by atoms with E-state index in [1.165, 1.54) is 6.07 Å². The summed E-state index contributed by atoms with van der Waals surface area (Å²) in [5.74, 6) is -0.651. The van der Waals surface area contributed by atoms with Gasteiger partial charge in [0.05, 0.1) is 17.6 Å². The summed E-state index contributed by atoms with van der Waals surface area (Å²) in [5.41, 5.74) is 0.804. The van der Waals surface area contributed by atoms with Crippen molar-refractivity contribution in [3.8, 4) is 0 Å². The SMILES string of the molecule is O=C(CO)N1CCO[C@@H](c2ccc(F)c(Br)c2)C1. The van der Waals surface area contributed by atoms with Gasteiger partial charge >= 0.3 is 0 Å². The van der Waals surface area contributed by atoms with Crippen LogP contribution in [0.4, 0.5) is 4.39 Å². The minimum absolute atomic E-state index is 0.286. The number of hydrogen-bond acceptors (Lipinski definition) is 3. The largest absolute Gasteiger partial charge is 0.387 e. The Bertz CT molecular complexity index is 455. The van der Waals surface area contributed by atoms with Crippen molar-refractivity contribution >= 4 is 21.8 Å². The number of rotatable bonds is 2. The molecule has 6 heteroatoms. The summed E-state index contributed by atoms with van der Waals surface area (Å²) in [4.78, 5) is 13.0. The molecule has 1 aromatic carbocycles. The minimum atomic E-state index is -0.500. The number of ether oxygens (including phenoxy) is 1. The van der Waals surface area contributed by atoms with E-state index in [-0.39, 0.29) is 17.8 Å². The first kappa shape index (κ1) is 13.5. The molecule has 1 aliphatic heterocycles. The van der Waals surface area contributed by atoms with Gasteiger partial charge in [0.15, 0.2) is 0 Å². The Morgan fingerprint density at radius 2 is 2.39 bits per heavy atom. The number of nitrogens with zero attached hydrogens (tertiary/aromatic N) is 1. The molecule has 2 rings (SSSR count). The molecule has 98 valence electrons. The monoisotopic (exact) mass is 317 g/mol. The molecule has 18 heavy (non-hydrogen) atoms. The third kappa shape index (κ3) is 2.88. The second-order valence-corrected chi connectivity index (χ2v) is 4.89. The molecule has 1 aliphatic rings. The van der Waals surface area contributed by atoms with Gasteiger partial charge in [-0.25, -0.2) is 4.39 Å². The molecule has 1 heterocycles. The Balaban J connectivity index is 2.13. The van der Waals surface area contributed by atoms with E-state index in [9.17, 15) is 9.18 Å². The third-order valence-electron chi connectivity index (χ3n) is 2.87. The van der Waals surface area contributed by atoms with E-state index in [1.54, 1.807) is 17.0 Å². The van der Waals surface area contributed by atoms with Gasteiger partial charge in [0.2, 0.25) is 5.91 Å². The van der Waals surface area contributed by atoms with Crippen molar-refractivity contribution in [2.24, 2.45) is 0 Å². The van der Waals surface area contributed by atoms with Crippen LogP contribution in [0.3, 0.4) is 0 Å². The molecular formula is C12H13BrFNO3. The number of carbonyl (C=O) groups is 1. The van der Waals surface area contributed by atoms with Gasteiger partial charge in [-0.3, -0.25) is 4.79 Å². The summed E-state index contributed by atoms with van der Waals surface area (Å²) < 4.78 is 19.1. The van der Waals surface area contributed by atoms with Crippen LogP contribution in [0, 0.1) is 5.82 Å². The highest BCUT2D eigenvalue weighted by Gasteiger charge is 2.25. The van der Waals surface area contributed by atoms with Crippen LogP contribution in [0.1, 0.15) is 11.7 Å². The van der Waals surface area contributed by atoms with Crippen molar-refractivity contribution < 1.29 is 19.0 Å². The Morgan fingerprint density at radius 1 is 1.61 bits per heavy atom. The Morgan fingerprint density at radius 3 is 3.06 bits per heavy atom. The van der Waals surface area contributed by atoms with Gasteiger partial charge in [-0.2, -0.15) is 0 Å². The number of hydrogen-bond donors (Lipinski definition) is 1. The predicted octanol–water partition coefficient (Wildman–Crippen LogP) is 1.48. The summed E-state index contributed by atoms with van der Waals surface area (Å²) in [7, 11) is 0. The second-order valence-electron chi connectivity index (χ2n) is 4.03. The average molecular weight is 318 g/mol. The number of halogens is 2. The lowest BCUT2D eigenvalue weighted by Crippen LogP contribution is -2.43. The molecule has 0 aromatic heterocycles. The van der Waals surface area contributed by atoms with Gasteiger partial charge < -0.3 is 14.7 Å². The van der Waals surface area contributed by atoms with Gasteiger partial charge in [0, 0.05) is 6.54 Å². The topological polar surface area (TPSA) is 49.8 Å². The maximum Gasteiger partial charge on any atom is 0.248 e. The fourth-order valence-corrected chi connectivity index (χ4v) is 2.29. The summed E-state index contributed by atoms with van der Waals surface area (Å²) in [6.07, 6.45) is -0.286. The Kier molecular flexibility index (Phi) is 4.31. The zero-order valence-corrected chi connectivity index (χ0v) is 11.2. The molecule has 4 nitrogen and oxygen atoms in total. The van der Waals surface area contributed by atoms with Crippen LogP contribution in [-0.4, -0.2) is 42.2 Å². The molecule has 1 atom stereocenters. The molecule has 1 N–H and O–H groups in total. The van der Waals surface area contributed by atoms with Gasteiger partial charge in [0.25, 0.3) is 0 Å². The molecule has 0 saturated carbocycles. The van der Waals surface area contributed by atoms with Gasteiger partial charge in [-0.1, -0.05) is 6.07 Å². The maximum atomic E-state index is 13.1. The van der Waals surface area contributed by atoms with Crippen molar-refractivity contribution in [3.63, 3.8) is 0 Å². The number of morpholine rings is 1. The van der Waals surface area contributed by atoms with Crippen LogP contribution in [-0.2, 0) is 9.53 Å². The van der Waals surface area contributed by atoms with E-state index >= 15 is 0 Å². The molecule has 0 spiro atoms. The van der Waals surface area contributed by atoms with Crippen LogP contribution in [0.2, 0.25) is 0 Å². The van der Waals surface area contributed by atoms with Crippen molar-refractivity contribution in [2.75, 3.05) is 26.3 Å². The fourth-order valence-electron chi connectivity index (χ4n) is 1.89. The van der Waals surface area contributed by atoms with Gasteiger partial charge in [-0.05, 0) is 33.6 Å². The average Bonchev–Trinajstić information content (AvgIpc) is 2.41. The summed E-state index contributed by atoms with van der Waals surface area (Å²) in [6, 6.07) is 4.64. The highest BCUT2D eigenvalue weighted by Crippen LogP contribution is 2.26. The van der Waals surface area contributed by atoms with Crippen LogP contribution >= 0.6 is 15.9 Å². The van der Waals surface area contributed by atoms with Crippen molar-refractivity contribution in [3.05, 3.63) is 34.1 Å². The highest BCUT2D eigenvalue weighted by molar-refractivity contribution is 9.10. The van der Waals surface area contributed by atoms with Crippen LogP contribution in [0.15, 0.2) is 22.7 Å². The third-order valence-corrected chi connectivity index (χ3v) is 3.48.